The van der Waals surface area contributed by atoms with Crippen LogP contribution >= 0.6 is 0 Å². The van der Waals surface area contributed by atoms with Crippen molar-refractivity contribution >= 4 is 35.0 Å². The molecule has 20 heavy (non-hydrogen) atoms. The molecule has 1 fully saturated rings. The Bertz CT molecular complexity index is 626. The van der Waals surface area contributed by atoms with E-state index in [1.165, 1.54) is 18.2 Å². The van der Waals surface area contributed by atoms with Gasteiger partial charge in [-0.15, -0.1) is 0 Å². The molecule has 1 aromatic carbocycles. The number of carbonyl (C=O) groups is 4. The number of anilines is 2. The van der Waals surface area contributed by atoms with E-state index in [0.29, 0.717) is 11.4 Å². The van der Waals surface area contributed by atoms with Crippen LogP contribution < -0.4 is 9.80 Å². The molecule has 2 aliphatic rings. The highest BCUT2D eigenvalue weighted by atomic mass is 16.2. The maximum Gasteiger partial charge on any atom is 0.258 e. The zero-order valence-corrected chi connectivity index (χ0v) is 10.4. The van der Waals surface area contributed by atoms with E-state index < -0.39 is 11.8 Å². The summed E-state index contributed by atoms with van der Waals surface area (Å²) in [5.74, 6) is -1.42. The lowest BCUT2D eigenvalue weighted by atomic mass is 10.2. The number of hydrogen-bond acceptors (Lipinski definition) is 4. The van der Waals surface area contributed by atoms with E-state index in [0.717, 1.165) is 9.80 Å². The Morgan fingerprint density at radius 1 is 0.750 bits per heavy atom. The molecule has 1 aromatic rings. The molecule has 4 amide bonds. The van der Waals surface area contributed by atoms with Crippen LogP contribution in [0.3, 0.4) is 0 Å². The minimum absolute atomic E-state index is 0.187. The Kier molecular flexibility index (Phi) is 2.71. The molecular formula is C14H10N2O4. The Morgan fingerprint density at radius 3 is 1.80 bits per heavy atom. The number of rotatable bonds is 2. The van der Waals surface area contributed by atoms with Gasteiger partial charge in [-0.2, -0.15) is 0 Å². The second-order valence-electron chi connectivity index (χ2n) is 4.49. The summed E-state index contributed by atoms with van der Waals surface area (Å²) in [6, 6.07) is 6.27. The molecule has 6 heteroatoms. The van der Waals surface area contributed by atoms with Crippen molar-refractivity contribution < 1.29 is 19.2 Å². The Morgan fingerprint density at radius 2 is 1.25 bits per heavy atom. The highest BCUT2D eigenvalue weighted by Gasteiger charge is 2.31. The maximum atomic E-state index is 11.7. The fraction of sp³-hybridized carbons (Fsp3) is 0.143. The van der Waals surface area contributed by atoms with Crippen LogP contribution in [-0.2, 0) is 19.2 Å². The Labute approximate surface area is 114 Å². The first-order valence-electron chi connectivity index (χ1n) is 6.10. The molecule has 0 unspecified atom stereocenters. The highest BCUT2D eigenvalue weighted by molar-refractivity contribution is 6.28. The van der Waals surface area contributed by atoms with Crippen LogP contribution in [0.25, 0.3) is 0 Å². The van der Waals surface area contributed by atoms with E-state index in [4.69, 9.17) is 0 Å². The second kappa shape index (κ2) is 4.41. The summed E-state index contributed by atoms with van der Waals surface area (Å²) in [5.41, 5.74) is 0.720. The van der Waals surface area contributed by atoms with E-state index in [1.54, 1.807) is 18.2 Å². The molecule has 0 atom stereocenters. The van der Waals surface area contributed by atoms with Crippen LogP contribution in [0.15, 0.2) is 36.4 Å². The monoisotopic (exact) mass is 270 g/mol. The van der Waals surface area contributed by atoms with Gasteiger partial charge in [0.1, 0.15) is 0 Å². The molecule has 0 bridgehead atoms. The third-order valence-electron chi connectivity index (χ3n) is 3.21. The first-order chi connectivity index (χ1) is 9.58. The van der Waals surface area contributed by atoms with Gasteiger partial charge in [-0.25, -0.2) is 4.90 Å². The normalized spacial score (nSPS) is 18.6. The molecule has 3 rings (SSSR count). The standard InChI is InChI=1S/C14H10N2O4/c17-11-4-5-12(18)15(11)9-2-1-3-10(8-9)16-13(19)6-7-14(16)20/h1-5,8H,6-7H2. The molecule has 0 N–H and O–H groups in total. The number of benzene rings is 1. The van der Waals surface area contributed by atoms with Crippen molar-refractivity contribution in [3.63, 3.8) is 0 Å². The van der Waals surface area contributed by atoms with Gasteiger partial charge in [0.15, 0.2) is 0 Å². The first-order valence-corrected chi connectivity index (χ1v) is 6.10. The number of carbonyl (C=O) groups excluding carboxylic acids is 4. The molecule has 1 saturated heterocycles. The molecule has 2 aliphatic heterocycles. The van der Waals surface area contributed by atoms with Crippen LogP contribution in [-0.4, -0.2) is 23.6 Å². The lowest BCUT2D eigenvalue weighted by Crippen LogP contribution is -2.31. The van der Waals surface area contributed by atoms with Crippen molar-refractivity contribution in [1.82, 2.24) is 0 Å². The summed E-state index contributed by atoms with van der Waals surface area (Å²) in [4.78, 5) is 48.7. The predicted molar refractivity (Wildman–Crippen MR) is 69.8 cm³/mol. The molecule has 2 heterocycles. The molecule has 0 aromatic heterocycles. The average molecular weight is 270 g/mol. The SMILES string of the molecule is O=C1C=CC(=O)N1c1cccc(N2C(=O)CCC2=O)c1. The summed E-state index contributed by atoms with van der Waals surface area (Å²) in [7, 11) is 0. The number of hydrogen-bond donors (Lipinski definition) is 0. The van der Waals surface area contributed by atoms with Crippen molar-refractivity contribution in [1.29, 1.82) is 0 Å². The van der Waals surface area contributed by atoms with Gasteiger partial charge in [0, 0.05) is 25.0 Å². The molecule has 0 saturated carbocycles. The molecule has 6 nitrogen and oxygen atoms in total. The van der Waals surface area contributed by atoms with Gasteiger partial charge < -0.3 is 0 Å². The lowest BCUT2D eigenvalue weighted by Gasteiger charge is -2.18. The summed E-state index contributed by atoms with van der Waals surface area (Å²) in [5, 5.41) is 0. The topological polar surface area (TPSA) is 74.8 Å². The van der Waals surface area contributed by atoms with E-state index in [9.17, 15) is 19.2 Å². The van der Waals surface area contributed by atoms with Gasteiger partial charge >= 0.3 is 0 Å². The Balaban J connectivity index is 1.98. The van der Waals surface area contributed by atoms with Gasteiger partial charge in [0.25, 0.3) is 11.8 Å². The van der Waals surface area contributed by atoms with Crippen molar-refractivity contribution in [2.24, 2.45) is 0 Å². The molecular weight excluding hydrogens is 260 g/mol. The van der Waals surface area contributed by atoms with Gasteiger partial charge in [-0.3, -0.25) is 24.1 Å². The van der Waals surface area contributed by atoms with Gasteiger partial charge in [-0.1, -0.05) is 6.07 Å². The molecule has 0 aliphatic carbocycles. The van der Waals surface area contributed by atoms with Crippen molar-refractivity contribution in [3.8, 4) is 0 Å². The molecule has 100 valence electrons. The third kappa shape index (κ3) is 1.82. The van der Waals surface area contributed by atoms with Crippen molar-refractivity contribution in [3.05, 3.63) is 36.4 Å². The van der Waals surface area contributed by atoms with Crippen LogP contribution in [0.1, 0.15) is 12.8 Å². The fourth-order valence-electron chi connectivity index (χ4n) is 2.29. The number of imide groups is 2. The van der Waals surface area contributed by atoms with Crippen LogP contribution in [0.4, 0.5) is 11.4 Å². The Hall–Kier alpha value is -2.76. The van der Waals surface area contributed by atoms with E-state index in [1.807, 2.05) is 0 Å². The van der Waals surface area contributed by atoms with E-state index in [-0.39, 0.29) is 24.7 Å². The third-order valence-corrected chi connectivity index (χ3v) is 3.21. The van der Waals surface area contributed by atoms with Crippen LogP contribution in [0, 0.1) is 0 Å². The maximum absolute atomic E-state index is 11.7. The van der Waals surface area contributed by atoms with E-state index >= 15 is 0 Å². The van der Waals surface area contributed by atoms with Gasteiger partial charge in [0.05, 0.1) is 11.4 Å². The van der Waals surface area contributed by atoms with Gasteiger partial charge in [-0.05, 0) is 18.2 Å². The number of nitrogens with zero attached hydrogens (tertiary/aromatic N) is 2. The van der Waals surface area contributed by atoms with E-state index in [2.05, 4.69) is 0 Å². The zero-order chi connectivity index (χ0) is 14.3. The second-order valence-corrected chi connectivity index (χ2v) is 4.49. The molecule has 0 spiro atoms. The van der Waals surface area contributed by atoms with Crippen LogP contribution in [0.2, 0.25) is 0 Å². The van der Waals surface area contributed by atoms with Crippen molar-refractivity contribution in [2.45, 2.75) is 12.8 Å². The minimum atomic E-state index is -0.439. The largest absolute Gasteiger partial charge is 0.274 e. The summed E-state index contributed by atoms with van der Waals surface area (Å²) in [6.45, 7) is 0. The predicted octanol–water partition coefficient (Wildman–Crippen LogP) is 0.769. The first kappa shape index (κ1) is 12.3. The lowest BCUT2D eigenvalue weighted by molar-refractivity contribution is -0.122. The quantitative estimate of drug-likeness (QED) is 0.744. The summed E-state index contributed by atoms with van der Waals surface area (Å²) in [6.07, 6.45) is 2.74. The zero-order valence-electron chi connectivity index (χ0n) is 10.4. The van der Waals surface area contributed by atoms with Gasteiger partial charge in [0.2, 0.25) is 11.8 Å². The van der Waals surface area contributed by atoms with Crippen LogP contribution in [0.5, 0.6) is 0 Å². The fourth-order valence-corrected chi connectivity index (χ4v) is 2.29. The molecule has 0 radical (unpaired) electrons. The summed E-state index contributed by atoms with van der Waals surface area (Å²) >= 11 is 0. The average Bonchev–Trinajstić information content (AvgIpc) is 2.93. The van der Waals surface area contributed by atoms with Crippen molar-refractivity contribution in [2.75, 3.05) is 9.80 Å². The minimum Gasteiger partial charge on any atom is -0.274 e. The highest BCUT2D eigenvalue weighted by Crippen LogP contribution is 2.28. The smallest absolute Gasteiger partial charge is 0.258 e. The summed E-state index contributed by atoms with van der Waals surface area (Å²) < 4.78 is 0. The number of amides is 4.